The molecule has 0 aliphatic carbocycles. The van der Waals surface area contributed by atoms with Crippen molar-refractivity contribution in [3.63, 3.8) is 0 Å². The van der Waals surface area contributed by atoms with Crippen LogP contribution in [0.5, 0.6) is 0 Å². The van der Waals surface area contributed by atoms with Crippen LogP contribution < -0.4 is 0 Å². The lowest BCUT2D eigenvalue weighted by Gasteiger charge is -2.02. The Hall–Kier alpha value is -2.09. The van der Waals surface area contributed by atoms with Crippen LogP contribution in [0.2, 0.25) is 0 Å². The largest absolute Gasteiger partial charge is 0.411 e. The minimum absolute atomic E-state index is 0.658. The van der Waals surface area contributed by atoms with Crippen LogP contribution in [0.15, 0.2) is 59.8 Å². The minimum atomic E-state index is 0.658. The van der Waals surface area contributed by atoms with Gasteiger partial charge < -0.3 is 5.21 Å². The molecule has 2 aromatic rings. The zero-order valence-electron chi connectivity index (χ0n) is 8.88. The average molecular weight is 211 g/mol. The Morgan fingerprint density at radius 3 is 2.12 bits per heavy atom. The molecular weight excluding hydrogens is 198 g/mol. The lowest BCUT2D eigenvalue weighted by molar-refractivity contribution is 0.321. The Morgan fingerprint density at radius 2 is 1.50 bits per heavy atom. The summed E-state index contributed by atoms with van der Waals surface area (Å²) in [5.74, 6) is 0. The van der Waals surface area contributed by atoms with E-state index in [0.717, 1.165) is 5.56 Å². The second kappa shape index (κ2) is 5.12. The van der Waals surface area contributed by atoms with Crippen molar-refractivity contribution in [2.75, 3.05) is 0 Å². The second-order valence-corrected chi connectivity index (χ2v) is 3.57. The standard InChI is InChI=1S/C14H13NO/c16-15-11-10-12-6-8-14(9-7-12)13-4-2-1-3-5-13/h1-9,11,16H,10H2. The van der Waals surface area contributed by atoms with Gasteiger partial charge in [0.1, 0.15) is 0 Å². The van der Waals surface area contributed by atoms with Gasteiger partial charge in [-0.1, -0.05) is 54.6 Å². The van der Waals surface area contributed by atoms with Crippen LogP contribution in [0.25, 0.3) is 11.1 Å². The monoisotopic (exact) mass is 211 g/mol. The molecule has 2 nitrogen and oxygen atoms in total. The van der Waals surface area contributed by atoms with Crippen molar-refractivity contribution in [3.8, 4) is 11.1 Å². The van der Waals surface area contributed by atoms with Gasteiger partial charge in [0.25, 0.3) is 0 Å². The van der Waals surface area contributed by atoms with Gasteiger partial charge in [0.05, 0.1) is 0 Å². The molecule has 0 heterocycles. The number of hydrogen-bond acceptors (Lipinski definition) is 2. The predicted molar refractivity (Wildman–Crippen MR) is 65.9 cm³/mol. The molecule has 80 valence electrons. The fourth-order valence-corrected chi connectivity index (χ4v) is 1.61. The van der Waals surface area contributed by atoms with Crippen LogP contribution >= 0.6 is 0 Å². The van der Waals surface area contributed by atoms with Crippen LogP contribution in [-0.4, -0.2) is 11.4 Å². The zero-order valence-corrected chi connectivity index (χ0v) is 8.88. The van der Waals surface area contributed by atoms with E-state index >= 15 is 0 Å². The Balaban J connectivity index is 2.20. The zero-order chi connectivity index (χ0) is 11.2. The van der Waals surface area contributed by atoms with E-state index in [0.29, 0.717) is 6.42 Å². The van der Waals surface area contributed by atoms with Gasteiger partial charge in [-0.15, -0.1) is 5.16 Å². The van der Waals surface area contributed by atoms with E-state index < -0.39 is 0 Å². The van der Waals surface area contributed by atoms with E-state index in [1.54, 1.807) is 0 Å². The molecule has 0 radical (unpaired) electrons. The van der Waals surface area contributed by atoms with Crippen molar-refractivity contribution >= 4 is 6.21 Å². The number of oxime groups is 1. The first kappa shape index (κ1) is 10.4. The maximum absolute atomic E-state index is 8.33. The van der Waals surface area contributed by atoms with Crippen molar-refractivity contribution in [2.45, 2.75) is 6.42 Å². The van der Waals surface area contributed by atoms with Crippen LogP contribution in [0.1, 0.15) is 5.56 Å². The molecule has 0 aromatic heterocycles. The summed E-state index contributed by atoms with van der Waals surface area (Å²) < 4.78 is 0. The number of rotatable bonds is 3. The molecule has 16 heavy (non-hydrogen) atoms. The highest BCUT2D eigenvalue weighted by molar-refractivity contribution is 5.65. The summed E-state index contributed by atoms with van der Waals surface area (Å²) in [6.45, 7) is 0. The molecule has 0 saturated heterocycles. The Kier molecular flexibility index (Phi) is 3.34. The summed E-state index contributed by atoms with van der Waals surface area (Å²) in [5.41, 5.74) is 3.55. The molecule has 2 aromatic carbocycles. The Labute approximate surface area is 94.9 Å². The van der Waals surface area contributed by atoms with E-state index in [2.05, 4.69) is 29.4 Å². The van der Waals surface area contributed by atoms with Crippen molar-refractivity contribution in [3.05, 3.63) is 60.2 Å². The second-order valence-electron chi connectivity index (χ2n) is 3.57. The highest BCUT2D eigenvalue weighted by atomic mass is 16.4. The number of benzene rings is 2. The van der Waals surface area contributed by atoms with E-state index in [9.17, 15) is 0 Å². The van der Waals surface area contributed by atoms with Gasteiger partial charge in [-0.2, -0.15) is 0 Å². The van der Waals surface area contributed by atoms with Gasteiger partial charge in [0.2, 0.25) is 0 Å². The Morgan fingerprint density at radius 1 is 0.875 bits per heavy atom. The van der Waals surface area contributed by atoms with Gasteiger partial charge in [0.15, 0.2) is 0 Å². The molecule has 1 N–H and O–H groups in total. The first-order valence-electron chi connectivity index (χ1n) is 5.20. The van der Waals surface area contributed by atoms with Crippen molar-refractivity contribution in [2.24, 2.45) is 5.16 Å². The first-order valence-corrected chi connectivity index (χ1v) is 5.20. The summed E-state index contributed by atoms with van der Waals surface area (Å²) >= 11 is 0. The van der Waals surface area contributed by atoms with Crippen LogP contribution in [0.3, 0.4) is 0 Å². The molecule has 0 fully saturated rings. The topological polar surface area (TPSA) is 32.6 Å². The number of nitrogens with zero attached hydrogens (tertiary/aromatic N) is 1. The van der Waals surface area contributed by atoms with Gasteiger partial charge in [-0.3, -0.25) is 0 Å². The van der Waals surface area contributed by atoms with Crippen LogP contribution in [0.4, 0.5) is 0 Å². The molecule has 2 rings (SSSR count). The van der Waals surface area contributed by atoms with Crippen molar-refractivity contribution in [1.82, 2.24) is 0 Å². The third kappa shape index (κ3) is 2.48. The molecule has 0 bridgehead atoms. The highest BCUT2D eigenvalue weighted by Crippen LogP contribution is 2.19. The SMILES string of the molecule is ON=CCc1ccc(-c2ccccc2)cc1. The molecule has 0 aliphatic rings. The fourth-order valence-electron chi connectivity index (χ4n) is 1.61. The lowest BCUT2D eigenvalue weighted by Crippen LogP contribution is -1.86. The molecular formula is C14H13NO. The van der Waals surface area contributed by atoms with Gasteiger partial charge >= 0.3 is 0 Å². The van der Waals surface area contributed by atoms with Crippen molar-refractivity contribution in [1.29, 1.82) is 0 Å². The molecule has 0 unspecified atom stereocenters. The van der Waals surface area contributed by atoms with Gasteiger partial charge in [-0.05, 0) is 16.7 Å². The molecule has 0 spiro atoms. The maximum Gasteiger partial charge on any atom is 0.0479 e. The fraction of sp³-hybridized carbons (Fsp3) is 0.0714. The lowest BCUT2D eigenvalue weighted by atomic mass is 10.0. The summed E-state index contributed by atoms with van der Waals surface area (Å²) in [7, 11) is 0. The smallest absolute Gasteiger partial charge is 0.0479 e. The van der Waals surface area contributed by atoms with Crippen LogP contribution in [0, 0.1) is 0 Å². The van der Waals surface area contributed by atoms with Gasteiger partial charge in [-0.25, -0.2) is 0 Å². The molecule has 0 amide bonds. The third-order valence-corrected chi connectivity index (χ3v) is 2.47. The summed E-state index contributed by atoms with van der Waals surface area (Å²) in [4.78, 5) is 0. The molecule has 0 aliphatic heterocycles. The van der Waals surface area contributed by atoms with Crippen LogP contribution in [-0.2, 0) is 6.42 Å². The highest BCUT2D eigenvalue weighted by Gasteiger charge is 1.96. The average Bonchev–Trinajstić information content (AvgIpc) is 2.38. The quantitative estimate of drug-likeness (QED) is 0.471. The maximum atomic E-state index is 8.33. The van der Waals surface area contributed by atoms with E-state index in [4.69, 9.17) is 5.21 Å². The Bertz CT molecular complexity index is 460. The predicted octanol–water partition coefficient (Wildman–Crippen LogP) is 3.36. The van der Waals surface area contributed by atoms with E-state index in [1.807, 2.05) is 30.3 Å². The summed E-state index contributed by atoms with van der Waals surface area (Å²) in [6, 6.07) is 18.5. The first-order chi connectivity index (χ1) is 7.90. The normalized spacial score (nSPS) is 10.8. The molecule has 2 heteroatoms. The number of hydrogen-bond donors (Lipinski definition) is 1. The van der Waals surface area contributed by atoms with Gasteiger partial charge in [0, 0.05) is 12.6 Å². The minimum Gasteiger partial charge on any atom is -0.411 e. The van der Waals surface area contributed by atoms with E-state index in [1.165, 1.54) is 17.3 Å². The molecule has 0 saturated carbocycles. The van der Waals surface area contributed by atoms with Crippen molar-refractivity contribution < 1.29 is 5.21 Å². The summed E-state index contributed by atoms with van der Waals surface area (Å²) in [5, 5.41) is 11.3. The van der Waals surface area contributed by atoms with E-state index in [-0.39, 0.29) is 0 Å². The summed E-state index contributed by atoms with van der Waals surface area (Å²) in [6.07, 6.45) is 2.14. The molecule has 0 atom stereocenters. The third-order valence-electron chi connectivity index (χ3n) is 2.47.